The third-order valence-corrected chi connectivity index (χ3v) is 3.58. The van der Waals surface area contributed by atoms with E-state index in [2.05, 4.69) is 0 Å². The summed E-state index contributed by atoms with van der Waals surface area (Å²) in [5.74, 6) is -0.342. The summed E-state index contributed by atoms with van der Waals surface area (Å²) in [6.07, 6.45) is -4.36. The monoisotopic (exact) mass is 302 g/mol. The SMILES string of the molecule is O=C(CO)N1CCN(Cc2ccccc2C(F)(F)F)CC1. The van der Waals surface area contributed by atoms with Crippen molar-refractivity contribution in [2.45, 2.75) is 12.7 Å². The number of halogens is 3. The Kier molecular flexibility index (Phi) is 4.84. The van der Waals surface area contributed by atoms with Gasteiger partial charge in [0.2, 0.25) is 5.91 Å². The first kappa shape index (κ1) is 15.8. The number of aliphatic hydroxyl groups excluding tert-OH is 1. The fourth-order valence-corrected chi connectivity index (χ4v) is 2.43. The normalized spacial score (nSPS) is 17.0. The molecule has 2 rings (SSSR count). The highest BCUT2D eigenvalue weighted by atomic mass is 19.4. The molecule has 0 aliphatic carbocycles. The molecule has 1 saturated heterocycles. The summed E-state index contributed by atoms with van der Waals surface area (Å²) in [5.41, 5.74) is -0.370. The van der Waals surface area contributed by atoms with Crippen LogP contribution in [0.15, 0.2) is 24.3 Å². The van der Waals surface area contributed by atoms with Crippen LogP contribution in [0.4, 0.5) is 13.2 Å². The standard InChI is InChI=1S/C14H17F3N2O2/c15-14(16,17)12-4-2-1-3-11(12)9-18-5-7-19(8-6-18)13(21)10-20/h1-4,20H,5-10H2. The van der Waals surface area contributed by atoms with Crippen LogP contribution in [-0.2, 0) is 17.5 Å². The number of benzene rings is 1. The first-order valence-corrected chi connectivity index (χ1v) is 6.68. The zero-order valence-electron chi connectivity index (χ0n) is 11.4. The molecule has 1 heterocycles. The van der Waals surface area contributed by atoms with Crippen molar-refractivity contribution >= 4 is 5.91 Å². The van der Waals surface area contributed by atoms with Crippen molar-refractivity contribution in [3.63, 3.8) is 0 Å². The molecule has 1 fully saturated rings. The highest BCUT2D eigenvalue weighted by molar-refractivity contribution is 5.77. The molecular formula is C14H17F3N2O2. The van der Waals surface area contributed by atoms with Gasteiger partial charge in [-0.1, -0.05) is 18.2 Å². The van der Waals surface area contributed by atoms with Crippen LogP contribution in [0.1, 0.15) is 11.1 Å². The average Bonchev–Trinajstić information content (AvgIpc) is 2.47. The Balaban J connectivity index is 2.00. The third-order valence-electron chi connectivity index (χ3n) is 3.58. The molecule has 0 atom stereocenters. The molecule has 0 saturated carbocycles. The molecule has 0 unspecified atom stereocenters. The van der Waals surface area contributed by atoms with Gasteiger partial charge in [0.05, 0.1) is 5.56 Å². The molecule has 1 aliphatic rings. The molecule has 7 heteroatoms. The number of carbonyl (C=O) groups excluding carboxylic acids is 1. The Morgan fingerprint density at radius 1 is 1.14 bits per heavy atom. The van der Waals surface area contributed by atoms with Crippen molar-refractivity contribution in [3.8, 4) is 0 Å². The van der Waals surface area contributed by atoms with E-state index in [0.29, 0.717) is 26.2 Å². The Labute approximate surface area is 120 Å². The van der Waals surface area contributed by atoms with E-state index in [-0.39, 0.29) is 18.0 Å². The summed E-state index contributed by atoms with van der Waals surface area (Å²) >= 11 is 0. The van der Waals surface area contributed by atoms with Gasteiger partial charge in [-0.15, -0.1) is 0 Å². The Hall–Kier alpha value is -1.60. The van der Waals surface area contributed by atoms with Crippen LogP contribution in [0.5, 0.6) is 0 Å². The van der Waals surface area contributed by atoms with Gasteiger partial charge in [-0.25, -0.2) is 0 Å². The van der Waals surface area contributed by atoms with E-state index >= 15 is 0 Å². The second kappa shape index (κ2) is 6.44. The molecule has 1 N–H and O–H groups in total. The number of amides is 1. The van der Waals surface area contributed by atoms with Gasteiger partial charge in [-0.3, -0.25) is 9.69 Å². The van der Waals surface area contributed by atoms with Gasteiger partial charge in [0.15, 0.2) is 0 Å². The van der Waals surface area contributed by atoms with Gasteiger partial charge in [0.25, 0.3) is 0 Å². The molecular weight excluding hydrogens is 285 g/mol. The molecule has 116 valence electrons. The predicted molar refractivity (Wildman–Crippen MR) is 70.4 cm³/mol. The molecule has 0 spiro atoms. The number of nitrogens with zero attached hydrogens (tertiary/aromatic N) is 2. The van der Waals surface area contributed by atoms with Gasteiger partial charge < -0.3 is 10.0 Å². The second-order valence-electron chi connectivity index (χ2n) is 4.97. The second-order valence-corrected chi connectivity index (χ2v) is 4.97. The fourth-order valence-electron chi connectivity index (χ4n) is 2.43. The maximum atomic E-state index is 12.9. The lowest BCUT2D eigenvalue weighted by Crippen LogP contribution is -2.49. The fraction of sp³-hybridized carbons (Fsp3) is 0.500. The first-order valence-electron chi connectivity index (χ1n) is 6.68. The molecule has 0 aromatic heterocycles. The van der Waals surface area contributed by atoms with E-state index in [1.807, 2.05) is 4.90 Å². The highest BCUT2D eigenvalue weighted by Crippen LogP contribution is 2.32. The summed E-state index contributed by atoms with van der Waals surface area (Å²) in [6.45, 7) is 1.52. The molecule has 4 nitrogen and oxygen atoms in total. The smallest absolute Gasteiger partial charge is 0.387 e. The Morgan fingerprint density at radius 2 is 1.76 bits per heavy atom. The summed E-state index contributed by atoms with van der Waals surface area (Å²) in [6, 6.07) is 5.54. The van der Waals surface area contributed by atoms with Crippen LogP contribution in [0, 0.1) is 0 Å². The van der Waals surface area contributed by atoms with E-state index in [9.17, 15) is 18.0 Å². The minimum atomic E-state index is -4.36. The number of hydrogen-bond donors (Lipinski definition) is 1. The molecule has 1 aromatic rings. The van der Waals surface area contributed by atoms with Gasteiger partial charge in [0.1, 0.15) is 6.61 Å². The van der Waals surface area contributed by atoms with Crippen molar-refractivity contribution in [1.29, 1.82) is 0 Å². The van der Waals surface area contributed by atoms with Gasteiger partial charge in [0, 0.05) is 32.7 Å². The van der Waals surface area contributed by atoms with Crippen molar-refractivity contribution in [3.05, 3.63) is 35.4 Å². The molecule has 0 bridgehead atoms. The summed E-state index contributed by atoms with van der Waals surface area (Å²) < 4.78 is 38.8. The minimum Gasteiger partial charge on any atom is -0.387 e. The lowest BCUT2D eigenvalue weighted by Gasteiger charge is -2.34. The topological polar surface area (TPSA) is 43.8 Å². The van der Waals surface area contributed by atoms with Crippen LogP contribution in [-0.4, -0.2) is 53.6 Å². The molecule has 1 amide bonds. The van der Waals surface area contributed by atoms with Crippen molar-refractivity contribution in [2.75, 3.05) is 32.8 Å². The maximum Gasteiger partial charge on any atom is 0.416 e. The summed E-state index contributed by atoms with van der Waals surface area (Å²) in [7, 11) is 0. The van der Waals surface area contributed by atoms with Crippen LogP contribution in [0.25, 0.3) is 0 Å². The minimum absolute atomic E-state index is 0.205. The predicted octanol–water partition coefficient (Wildman–Crippen LogP) is 1.34. The third kappa shape index (κ3) is 3.95. The van der Waals surface area contributed by atoms with Crippen LogP contribution in [0.2, 0.25) is 0 Å². The molecule has 0 radical (unpaired) electrons. The average molecular weight is 302 g/mol. The largest absolute Gasteiger partial charge is 0.416 e. The summed E-state index contributed by atoms with van der Waals surface area (Å²) in [4.78, 5) is 14.7. The van der Waals surface area contributed by atoms with Crippen molar-refractivity contribution < 1.29 is 23.1 Å². The lowest BCUT2D eigenvalue weighted by molar-refractivity contribution is -0.138. The van der Waals surface area contributed by atoms with E-state index in [1.54, 1.807) is 6.07 Å². The van der Waals surface area contributed by atoms with E-state index in [1.165, 1.54) is 17.0 Å². The van der Waals surface area contributed by atoms with Crippen LogP contribution >= 0.6 is 0 Å². The van der Waals surface area contributed by atoms with Crippen LogP contribution < -0.4 is 0 Å². The summed E-state index contributed by atoms with van der Waals surface area (Å²) in [5, 5.41) is 8.78. The quantitative estimate of drug-likeness (QED) is 0.916. The van der Waals surface area contributed by atoms with Crippen LogP contribution in [0.3, 0.4) is 0 Å². The van der Waals surface area contributed by atoms with E-state index in [4.69, 9.17) is 5.11 Å². The van der Waals surface area contributed by atoms with Crippen molar-refractivity contribution in [1.82, 2.24) is 9.80 Å². The first-order chi connectivity index (χ1) is 9.91. The zero-order valence-corrected chi connectivity index (χ0v) is 11.4. The maximum absolute atomic E-state index is 12.9. The van der Waals surface area contributed by atoms with E-state index in [0.717, 1.165) is 6.07 Å². The van der Waals surface area contributed by atoms with E-state index < -0.39 is 18.3 Å². The lowest BCUT2D eigenvalue weighted by atomic mass is 10.1. The highest BCUT2D eigenvalue weighted by Gasteiger charge is 2.33. The zero-order chi connectivity index (χ0) is 15.5. The van der Waals surface area contributed by atoms with Gasteiger partial charge in [-0.2, -0.15) is 13.2 Å². The number of aliphatic hydroxyl groups is 1. The van der Waals surface area contributed by atoms with Crippen molar-refractivity contribution in [2.24, 2.45) is 0 Å². The number of carbonyl (C=O) groups is 1. The van der Waals surface area contributed by atoms with Gasteiger partial charge in [-0.05, 0) is 11.6 Å². The number of alkyl halides is 3. The van der Waals surface area contributed by atoms with Gasteiger partial charge >= 0.3 is 6.18 Å². The molecule has 1 aliphatic heterocycles. The Bertz CT molecular complexity index is 497. The Morgan fingerprint density at radius 3 is 2.33 bits per heavy atom. The number of piperazine rings is 1. The number of rotatable bonds is 3. The molecule has 21 heavy (non-hydrogen) atoms. The molecule has 1 aromatic carbocycles. The number of hydrogen-bond acceptors (Lipinski definition) is 3.